The molecule has 1 aromatic carbocycles. The first kappa shape index (κ1) is 31.5. The Morgan fingerprint density at radius 2 is 1.66 bits per heavy atom. The van der Waals surface area contributed by atoms with Crippen LogP contribution in [0.1, 0.15) is 31.2 Å². The Kier molecular flexibility index (Phi) is 13.5. The molecule has 2 rings (SSSR count). The van der Waals surface area contributed by atoms with Crippen molar-refractivity contribution >= 4 is 59.0 Å². The summed E-state index contributed by atoms with van der Waals surface area (Å²) in [6.45, 7) is 0.424. The van der Waals surface area contributed by atoms with Crippen LogP contribution in [-0.2, 0) is 25.6 Å². The van der Waals surface area contributed by atoms with Crippen molar-refractivity contribution in [1.29, 1.82) is 0 Å². The van der Waals surface area contributed by atoms with E-state index in [9.17, 15) is 24.3 Å². The van der Waals surface area contributed by atoms with Crippen LogP contribution >= 0.6 is 24.4 Å². The molecular weight excluding hydrogens is 528 g/mol. The first-order valence-electron chi connectivity index (χ1n) is 12.5. The van der Waals surface area contributed by atoms with Gasteiger partial charge < -0.3 is 37.5 Å². The number of hydrogen-bond acceptors (Lipinski definition) is 8. The number of nitrogens with one attached hydrogen (secondary N) is 4. The number of carboxylic acids is 1. The fourth-order valence-corrected chi connectivity index (χ4v) is 4.53. The Morgan fingerprint density at radius 1 is 1.00 bits per heavy atom. The molecule has 9 N–H and O–H groups in total. The van der Waals surface area contributed by atoms with Gasteiger partial charge in [-0.3, -0.25) is 14.4 Å². The predicted octanol–water partition coefficient (Wildman–Crippen LogP) is 0.389. The average molecular weight is 567 g/mol. The Hall–Kier alpha value is -2.74. The first-order valence-corrected chi connectivity index (χ1v) is 14.5. The Bertz CT molecular complexity index is 1080. The minimum absolute atomic E-state index is 0.0900. The van der Waals surface area contributed by atoms with E-state index in [1.165, 1.54) is 11.8 Å². The molecule has 0 spiro atoms. The van der Waals surface area contributed by atoms with Crippen LogP contribution in [0.5, 0.6) is 0 Å². The van der Waals surface area contributed by atoms with Gasteiger partial charge in [-0.1, -0.05) is 18.2 Å². The Morgan fingerprint density at radius 3 is 2.32 bits per heavy atom. The quantitative estimate of drug-likeness (QED) is 0.0995. The van der Waals surface area contributed by atoms with E-state index in [1.54, 1.807) is 6.20 Å². The maximum Gasteiger partial charge on any atom is 0.326 e. The average Bonchev–Trinajstić information content (AvgIpc) is 3.31. The highest BCUT2D eigenvalue weighted by Crippen LogP contribution is 2.19. The molecule has 13 heteroatoms. The number of rotatable bonds is 17. The molecule has 0 aliphatic rings. The fourth-order valence-electron chi connectivity index (χ4n) is 3.89. The van der Waals surface area contributed by atoms with Gasteiger partial charge in [-0.25, -0.2) is 4.79 Å². The topological polar surface area (TPSA) is 192 Å². The number of unbranched alkanes of at least 4 members (excludes halogenated alkanes) is 1. The Labute approximate surface area is 232 Å². The van der Waals surface area contributed by atoms with Gasteiger partial charge in [0.2, 0.25) is 17.7 Å². The molecule has 0 bridgehead atoms. The molecule has 0 saturated carbocycles. The standard InChI is InChI=1S/C25H38N6O5S2/c1-38-11-9-19(23(33)30-20(25(35)36)8-4-5-10-26)29-24(34)21(31-22(32)17(27)14-37)12-15-13-28-18-7-3-2-6-16(15)18/h2-3,6-7,13,17,19-21,28,37H,4-5,8-12,14,26-27H2,1H3,(H,29,34)(H,30,33)(H,31,32)(H,35,36). The molecule has 38 heavy (non-hydrogen) atoms. The summed E-state index contributed by atoms with van der Waals surface area (Å²) in [4.78, 5) is 54.0. The van der Waals surface area contributed by atoms with Crippen LogP contribution in [-0.4, -0.2) is 82.3 Å². The van der Waals surface area contributed by atoms with Crippen LogP contribution in [0.25, 0.3) is 10.9 Å². The van der Waals surface area contributed by atoms with Gasteiger partial charge in [0.05, 0.1) is 6.04 Å². The number of fused-ring (bicyclic) bond motifs is 1. The molecule has 0 saturated heterocycles. The van der Waals surface area contributed by atoms with Crippen LogP contribution in [0, 0.1) is 0 Å². The molecular formula is C25H38N6O5S2. The highest BCUT2D eigenvalue weighted by atomic mass is 32.2. The van der Waals surface area contributed by atoms with Crippen molar-refractivity contribution in [3.8, 4) is 0 Å². The smallest absolute Gasteiger partial charge is 0.326 e. The summed E-state index contributed by atoms with van der Waals surface area (Å²) >= 11 is 5.55. The van der Waals surface area contributed by atoms with E-state index in [0.717, 1.165) is 16.5 Å². The number of aromatic amines is 1. The Balaban J connectivity index is 2.23. The second-order valence-corrected chi connectivity index (χ2v) is 10.3. The van der Waals surface area contributed by atoms with Crippen molar-refractivity contribution < 1.29 is 24.3 Å². The van der Waals surface area contributed by atoms with Crippen molar-refractivity contribution in [3.05, 3.63) is 36.0 Å². The zero-order chi connectivity index (χ0) is 28.1. The number of carboxylic acid groups (broad SMARTS) is 1. The molecule has 11 nitrogen and oxygen atoms in total. The zero-order valence-electron chi connectivity index (χ0n) is 21.4. The van der Waals surface area contributed by atoms with Crippen molar-refractivity contribution in [2.45, 2.75) is 56.3 Å². The van der Waals surface area contributed by atoms with E-state index in [1.807, 2.05) is 30.5 Å². The van der Waals surface area contributed by atoms with Gasteiger partial charge in [-0.05, 0) is 55.9 Å². The molecule has 210 valence electrons. The largest absolute Gasteiger partial charge is 0.480 e. The molecule has 1 aromatic heterocycles. The van der Waals surface area contributed by atoms with E-state index in [0.29, 0.717) is 25.1 Å². The number of carbonyl (C=O) groups excluding carboxylic acids is 3. The minimum Gasteiger partial charge on any atom is -0.480 e. The van der Waals surface area contributed by atoms with Gasteiger partial charge in [-0.15, -0.1) is 0 Å². The summed E-state index contributed by atoms with van der Waals surface area (Å²) < 4.78 is 0. The lowest BCUT2D eigenvalue weighted by molar-refractivity contribution is -0.142. The third kappa shape index (κ3) is 9.53. The van der Waals surface area contributed by atoms with Crippen molar-refractivity contribution in [1.82, 2.24) is 20.9 Å². The number of hydrogen-bond donors (Lipinski definition) is 8. The summed E-state index contributed by atoms with van der Waals surface area (Å²) in [5, 5.41) is 18.4. The number of H-pyrrole nitrogens is 1. The summed E-state index contributed by atoms with van der Waals surface area (Å²) in [6.07, 6.45) is 5.46. The molecule has 0 fully saturated rings. The van der Waals surface area contributed by atoms with Gasteiger partial charge in [0.1, 0.15) is 18.1 Å². The number of carbonyl (C=O) groups is 4. The second kappa shape index (κ2) is 16.3. The van der Waals surface area contributed by atoms with Gasteiger partial charge in [0.15, 0.2) is 0 Å². The van der Waals surface area contributed by atoms with E-state index in [-0.39, 0.29) is 25.0 Å². The van der Waals surface area contributed by atoms with Crippen molar-refractivity contribution in [2.75, 3.05) is 24.3 Å². The third-order valence-electron chi connectivity index (χ3n) is 6.07. The highest BCUT2D eigenvalue weighted by molar-refractivity contribution is 7.98. The number of thiol groups is 1. The van der Waals surface area contributed by atoms with Gasteiger partial charge in [0.25, 0.3) is 0 Å². The number of aliphatic carboxylic acids is 1. The molecule has 4 atom stereocenters. The van der Waals surface area contributed by atoms with Crippen LogP contribution in [0.4, 0.5) is 0 Å². The van der Waals surface area contributed by atoms with Crippen LogP contribution in [0.15, 0.2) is 30.5 Å². The number of benzene rings is 1. The van der Waals surface area contributed by atoms with E-state index < -0.39 is 47.9 Å². The number of para-hydroxylation sites is 1. The van der Waals surface area contributed by atoms with Crippen LogP contribution < -0.4 is 27.4 Å². The highest BCUT2D eigenvalue weighted by Gasteiger charge is 2.30. The summed E-state index contributed by atoms with van der Waals surface area (Å²) in [6, 6.07) is 3.52. The molecule has 3 amide bonds. The van der Waals surface area contributed by atoms with Crippen molar-refractivity contribution in [2.24, 2.45) is 11.5 Å². The zero-order valence-corrected chi connectivity index (χ0v) is 23.2. The summed E-state index contributed by atoms with van der Waals surface area (Å²) in [7, 11) is 0. The molecule has 0 radical (unpaired) electrons. The second-order valence-electron chi connectivity index (χ2n) is 8.94. The number of amides is 3. The van der Waals surface area contributed by atoms with Crippen LogP contribution in [0.2, 0.25) is 0 Å². The monoisotopic (exact) mass is 566 g/mol. The maximum atomic E-state index is 13.4. The minimum atomic E-state index is -1.16. The SMILES string of the molecule is CSCCC(NC(=O)C(Cc1c[nH]c2ccccc12)NC(=O)C(N)CS)C(=O)NC(CCCCN)C(=O)O. The summed E-state index contributed by atoms with van der Waals surface area (Å²) in [5.41, 5.74) is 13.0. The number of thioether (sulfide) groups is 1. The molecule has 2 aromatic rings. The predicted molar refractivity (Wildman–Crippen MR) is 153 cm³/mol. The first-order chi connectivity index (χ1) is 18.2. The van der Waals surface area contributed by atoms with E-state index in [4.69, 9.17) is 11.5 Å². The lowest BCUT2D eigenvalue weighted by Crippen LogP contribution is -2.57. The summed E-state index contributed by atoms with van der Waals surface area (Å²) in [5.74, 6) is -2.24. The van der Waals surface area contributed by atoms with Gasteiger partial charge in [0, 0.05) is 29.3 Å². The molecule has 0 aliphatic carbocycles. The lowest BCUT2D eigenvalue weighted by atomic mass is 10.0. The van der Waals surface area contributed by atoms with E-state index >= 15 is 0 Å². The van der Waals surface area contributed by atoms with Gasteiger partial charge in [-0.2, -0.15) is 24.4 Å². The maximum absolute atomic E-state index is 13.4. The van der Waals surface area contributed by atoms with Gasteiger partial charge >= 0.3 is 5.97 Å². The fraction of sp³-hybridized carbons (Fsp3) is 0.520. The molecule has 0 aliphatic heterocycles. The van der Waals surface area contributed by atoms with E-state index in [2.05, 4.69) is 33.6 Å². The number of nitrogens with two attached hydrogens (primary N) is 2. The molecule has 1 heterocycles. The van der Waals surface area contributed by atoms with Crippen molar-refractivity contribution in [3.63, 3.8) is 0 Å². The third-order valence-corrected chi connectivity index (χ3v) is 7.11. The normalized spacial score (nSPS) is 14.3. The van der Waals surface area contributed by atoms with Crippen LogP contribution in [0.3, 0.4) is 0 Å². The number of aromatic nitrogens is 1. The molecule has 4 unspecified atom stereocenters. The lowest BCUT2D eigenvalue weighted by Gasteiger charge is -2.25.